The lowest BCUT2D eigenvalue weighted by atomic mass is 10.1. The predicted octanol–water partition coefficient (Wildman–Crippen LogP) is 2.26. The first-order valence-corrected chi connectivity index (χ1v) is 5.01. The lowest BCUT2D eigenvalue weighted by Gasteiger charge is -2.09. The fraction of sp³-hybridized carbons (Fsp3) is 0.300. The van der Waals surface area contributed by atoms with E-state index in [1.165, 1.54) is 6.07 Å². The van der Waals surface area contributed by atoms with Crippen molar-refractivity contribution in [3.05, 3.63) is 28.6 Å². The summed E-state index contributed by atoms with van der Waals surface area (Å²) < 4.78 is 25.3. The van der Waals surface area contributed by atoms with Crippen LogP contribution in [0.25, 0.3) is 0 Å². The van der Waals surface area contributed by atoms with E-state index in [4.69, 9.17) is 22.0 Å². The monoisotopic (exact) mass is 260 g/mol. The van der Waals surface area contributed by atoms with Gasteiger partial charge < -0.3 is 5.11 Å². The summed E-state index contributed by atoms with van der Waals surface area (Å²) in [4.78, 5) is 14.0. The highest BCUT2D eigenvalue weighted by molar-refractivity contribution is 6.17. The van der Waals surface area contributed by atoms with Crippen molar-refractivity contribution in [2.24, 2.45) is 0 Å². The second-order valence-electron chi connectivity index (χ2n) is 3.16. The Morgan fingerprint density at radius 2 is 2.24 bits per heavy atom. The van der Waals surface area contributed by atoms with Gasteiger partial charge in [0.05, 0.1) is 12.3 Å². The third kappa shape index (κ3) is 3.11. The van der Waals surface area contributed by atoms with Gasteiger partial charge in [-0.2, -0.15) is 5.26 Å². The van der Waals surface area contributed by atoms with E-state index in [1.54, 1.807) is 6.07 Å². The van der Waals surface area contributed by atoms with E-state index in [1.807, 2.05) is 0 Å². The van der Waals surface area contributed by atoms with Crippen molar-refractivity contribution in [3.63, 3.8) is 0 Å². The van der Waals surface area contributed by atoms with Crippen molar-refractivity contribution in [3.8, 4) is 6.07 Å². The smallest absolute Gasteiger partial charge is 0.307 e. The van der Waals surface area contributed by atoms with Crippen molar-refractivity contribution >= 4 is 17.6 Å². The highest BCUT2D eigenvalue weighted by atomic mass is 35.5. The SMILES string of the molecule is N#Cc1nc(C(F)F)c(CC(=O)O)cc1CCl. The molecule has 0 amide bonds. The number of hydrogen-bond donors (Lipinski definition) is 1. The molecule has 1 heterocycles. The second-order valence-corrected chi connectivity index (χ2v) is 3.42. The molecule has 0 aliphatic heterocycles. The van der Waals surface area contributed by atoms with Gasteiger partial charge in [0, 0.05) is 5.56 Å². The Bertz CT molecular complexity index is 486. The summed E-state index contributed by atoms with van der Waals surface area (Å²) >= 11 is 5.53. The third-order valence-corrected chi connectivity index (χ3v) is 2.30. The normalized spacial score (nSPS) is 10.3. The minimum Gasteiger partial charge on any atom is -0.481 e. The Morgan fingerprint density at radius 3 is 2.65 bits per heavy atom. The second kappa shape index (κ2) is 5.55. The fourth-order valence-electron chi connectivity index (χ4n) is 1.31. The summed E-state index contributed by atoms with van der Waals surface area (Å²) in [5.41, 5.74) is -0.765. The fourth-order valence-corrected chi connectivity index (χ4v) is 1.51. The third-order valence-electron chi connectivity index (χ3n) is 2.01. The van der Waals surface area contributed by atoms with E-state index in [0.29, 0.717) is 0 Å². The lowest BCUT2D eigenvalue weighted by molar-refractivity contribution is -0.136. The van der Waals surface area contributed by atoms with Crippen LogP contribution in [0, 0.1) is 11.3 Å². The van der Waals surface area contributed by atoms with Gasteiger partial charge in [-0.1, -0.05) is 0 Å². The molecule has 7 heteroatoms. The number of alkyl halides is 3. The van der Waals surface area contributed by atoms with E-state index in [0.717, 1.165) is 0 Å². The number of hydrogen-bond acceptors (Lipinski definition) is 3. The van der Waals surface area contributed by atoms with Crippen LogP contribution in [0.5, 0.6) is 0 Å². The zero-order valence-electron chi connectivity index (χ0n) is 8.45. The number of carboxylic acid groups (broad SMARTS) is 1. The Kier molecular flexibility index (Phi) is 4.35. The number of halogens is 3. The van der Waals surface area contributed by atoms with Crippen LogP contribution in [-0.2, 0) is 17.1 Å². The average Bonchev–Trinajstić information content (AvgIpc) is 2.27. The molecule has 4 nitrogen and oxygen atoms in total. The number of nitrogens with zero attached hydrogens (tertiary/aromatic N) is 2. The van der Waals surface area contributed by atoms with Crippen molar-refractivity contribution in [1.82, 2.24) is 4.98 Å². The van der Waals surface area contributed by atoms with Gasteiger partial charge in [0.2, 0.25) is 0 Å². The van der Waals surface area contributed by atoms with E-state index in [9.17, 15) is 13.6 Å². The van der Waals surface area contributed by atoms with Crippen LogP contribution in [0.3, 0.4) is 0 Å². The van der Waals surface area contributed by atoms with Crippen molar-refractivity contribution in [2.75, 3.05) is 0 Å². The molecule has 0 aliphatic rings. The van der Waals surface area contributed by atoms with Gasteiger partial charge in [-0.05, 0) is 11.6 Å². The van der Waals surface area contributed by atoms with Crippen LogP contribution in [-0.4, -0.2) is 16.1 Å². The number of aromatic nitrogens is 1. The van der Waals surface area contributed by atoms with E-state index >= 15 is 0 Å². The molecule has 0 aromatic carbocycles. The Hall–Kier alpha value is -1.74. The van der Waals surface area contributed by atoms with Crippen molar-refractivity contribution in [2.45, 2.75) is 18.7 Å². The van der Waals surface area contributed by atoms with Crippen molar-refractivity contribution < 1.29 is 18.7 Å². The van der Waals surface area contributed by atoms with E-state index in [2.05, 4.69) is 4.98 Å². The van der Waals surface area contributed by atoms with Gasteiger partial charge in [0.25, 0.3) is 6.43 Å². The summed E-state index contributed by atoms with van der Waals surface area (Å²) in [5.74, 6) is -1.34. The largest absolute Gasteiger partial charge is 0.481 e. The van der Waals surface area contributed by atoms with E-state index < -0.39 is 24.5 Å². The topological polar surface area (TPSA) is 74.0 Å². The lowest BCUT2D eigenvalue weighted by Crippen LogP contribution is -2.08. The van der Waals surface area contributed by atoms with Crippen LogP contribution >= 0.6 is 11.6 Å². The highest BCUT2D eigenvalue weighted by Crippen LogP contribution is 2.24. The predicted molar refractivity (Wildman–Crippen MR) is 54.8 cm³/mol. The number of carboxylic acids is 1. The number of carbonyl (C=O) groups is 1. The molecule has 0 saturated heterocycles. The zero-order valence-corrected chi connectivity index (χ0v) is 9.21. The molecule has 0 unspecified atom stereocenters. The van der Waals surface area contributed by atoms with Crippen LogP contribution < -0.4 is 0 Å². The molecule has 0 bridgehead atoms. The molecule has 90 valence electrons. The standard InChI is InChI=1S/C10H7ClF2N2O2/c11-3-6-1-5(2-8(16)17)9(10(12)13)15-7(6)4-14/h1,10H,2-3H2,(H,16,17). The maximum Gasteiger partial charge on any atom is 0.307 e. The summed E-state index contributed by atoms with van der Waals surface area (Å²) in [6, 6.07) is 2.83. The molecular weight excluding hydrogens is 254 g/mol. The first-order valence-electron chi connectivity index (χ1n) is 4.48. The van der Waals surface area contributed by atoms with Gasteiger partial charge in [0.15, 0.2) is 0 Å². The molecule has 1 N–H and O–H groups in total. The molecule has 0 saturated carbocycles. The Balaban J connectivity index is 3.36. The van der Waals surface area contributed by atoms with Crippen LogP contribution in [0.15, 0.2) is 6.07 Å². The summed E-state index contributed by atoms with van der Waals surface area (Å²) in [6.07, 6.45) is -3.51. The molecule has 0 atom stereocenters. The summed E-state index contributed by atoms with van der Waals surface area (Å²) in [7, 11) is 0. The molecule has 1 aromatic heterocycles. The zero-order chi connectivity index (χ0) is 13.0. The maximum absolute atomic E-state index is 12.6. The van der Waals surface area contributed by atoms with Gasteiger partial charge in [-0.25, -0.2) is 13.8 Å². The molecule has 17 heavy (non-hydrogen) atoms. The first kappa shape index (κ1) is 13.3. The highest BCUT2D eigenvalue weighted by Gasteiger charge is 2.20. The Morgan fingerprint density at radius 1 is 1.59 bits per heavy atom. The van der Waals surface area contributed by atoms with Gasteiger partial charge in [-0.15, -0.1) is 11.6 Å². The number of pyridine rings is 1. The Labute approximate surface area is 100 Å². The molecule has 0 spiro atoms. The summed E-state index contributed by atoms with van der Waals surface area (Å²) in [6.45, 7) is 0. The van der Waals surface area contributed by atoms with Gasteiger partial charge in [0.1, 0.15) is 17.5 Å². The molecule has 0 fully saturated rings. The molecule has 1 rings (SSSR count). The number of rotatable bonds is 4. The number of aliphatic carboxylic acids is 1. The minimum atomic E-state index is -2.93. The minimum absolute atomic E-state index is 0.0912. The quantitative estimate of drug-likeness (QED) is 0.843. The van der Waals surface area contributed by atoms with Crippen LogP contribution in [0.2, 0.25) is 0 Å². The number of nitriles is 1. The molecule has 0 radical (unpaired) electrons. The van der Waals surface area contributed by atoms with Crippen molar-refractivity contribution in [1.29, 1.82) is 5.26 Å². The first-order chi connectivity index (χ1) is 7.99. The van der Waals surface area contributed by atoms with Gasteiger partial charge in [-0.3, -0.25) is 4.79 Å². The average molecular weight is 261 g/mol. The van der Waals surface area contributed by atoms with Gasteiger partial charge >= 0.3 is 5.97 Å². The molecular formula is C10H7ClF2N2O2. The molecule has 1 aromatic rings. The van der Waals surface area contributed by atoms with E-state index in [-0.39, 0.29) is 22.7 Å². The molecule has 0 aliphatic carbocycles. The summed E-state index contributed by atoms with van der Waals surface area (Å²) in [5, 5.41) is 17.3. The maximum atomic E-state index is 12.6. The van der Waals surface area contributed by atoms with Crippen LogP contribution in [0.4, 0.5) is 8.78 Å². The van der Waals surface area contributed by atoms with Crippen LogP contribution in [0.1, 0.15) is 28.9 Å².